The average molecular weight is 308 g/mol. The van der Waals surface area contributed by atoms with Gasteiger partial charge in [0.05, 0.1) is 5.41 Å². The number of rotatable bonds is 9. The number of benzene rings is 2. The Balaban J connectivity index is 2.37. The van der Waals surface area contributed by atoms with Gasteiger partial charge in [0.1, 0.15) is 0 Å². The Kier molecular flexibility index (Phi) is 6.42. The van der Waals surface area contributed by atoms with Crippen molar-refractivity contribution in [2.75, 3.05) is 20.1 Å². The molecule has 2 N–H and O–H groups in total. The minimum atomic E-state index is -0.192. The first-order chi connectivity index (χ1) is 11.3. The molecule has 0 radical (unpaired) electrons. The molecule has 2 nitrogen and oxygen atoms in total. The zero-order valence-corrected chi connectivity index (χ0v) is 14.3. The van der Waals surface area contributed by atoms with Gasteiger partial charge in [-0.1, -0.05) is 74.2 Å². The monoisotopic (exact) mass is 308 g/mol. The SMILES string of the molecule is C=C(NCCCNC)C(CC)(c1ccccc1)c1ccccc1. The third-order valence-electron chi connectivity index (χ3n) is 4.52. The molecule has 0 saturated heterocycles. The highest BCUT2D eigenvalue weighted by Crippen LogP contribution is 2.40. The van der Waals surface area contributed by atoms with Gasteiger partial charge in [0.15, 0.2) is 0 Å². The molecule has 2 aromatic rings. The minimum Gasteiger partial charge on any atom is -0.388 e. The molecule has 122 valence electrons. The van der Waals surface area contributed by atoms with E-state index in [0.717, 1.165) is 31.6 Å². The van der Waals surface area contributed by atoms with Crippen LogP contribution in [0.5, 0.6) is 0 Å². The Morgan fingerprint density at radius 2 is 1.43 bits per heavy atom. The number of allylic oxidation sites excluding steroid dienone is 1. The lowest BCUT2D eigenvalue weighted by Crippen LogP contribution is -2.36. The van der Waals surface area contributed by atoms with Crippen LogP contribution in [0.2, 0.25) is 0 Å². The van der Waals surface area contributed by atoms with Crippen LogP contribution >= 0.6 is 0 Å². The molecule has 2 aromatic carbocycles. The Hall–Kier alpha value is -2.06. The zero-order valence-electron chi connectivity index (χ0n) is 14.3. The van der Waals surface area contributed by atoms with Gasteiger partial charge < -0.3 is 10.6 Å². The fourth-order valence-corrected chi connectivity index (χ4v) is 3.24. The molecule has 0 fully saturated rings. The summed E-state index contributed by atoms with van der Waals surface area (Å²) >= 11 is 0. The highest BCUT2D eigenvalue weighted by atomic mass is 14.9. The van der Waals surface area contributed by atoms with Crippen molar-refractivity contribution in [3.05, 3.63) is 84.1 Å². The maximum absolute atomic E-state index is 4.42. The highest BCUT2D eigenvalue weighted by molar-refractivity contribution is 5.47. The third-order valence-corrected chi connectivity index (χ3v) is 4.52. The van der Waals surface area contributed by atoms with E-state index in [1.807, 2.05) is 7.05 Å². The van der Waals surface area contributed by atoms with Crippen molar-refractivity contribution in [1.82, 2.24) is 10.6 Å². The average Bonchev–Trinajstić information content (AvgIpc) is 2.62. The van der Waals surface area contributed by atoms with E-state index in [4.69, 9.17) is 0 Å². The molecule has 0 saturated carbocycles. The lowest BCUT2D eigenvalue weighted by molar-refractivity contribution is 0.524. The van der Waals surface area contributed by atoms with Crippen molar-refractivity contribution in [3.63, 3.8) is 0 Å². The van der Waals surface area contributed by atoms with Gasteiger partial charge in [-0.05, 0) is 37.6 Å². The van der Waals surface area contributed by atoms with Crippen LogP contribution < -0.4 is 10.6 Å². The summed E-state index contributed by atoms with van der Waals surface area (Å²) in [4.78, 5) is 0. The molecule has 0 aliphatic heterocycles. The van der Waals surface area contributed by atoms with Gasteiger partial charge >= 0.3 is 0 Å². The number of nitrogens with one attached hydrogen (secondary N) is 2. The van der Waals surface area contributed by atoms with Crippen molar-refractivity contribution in [2.24, 2.45) is 0 Å². The van der Waals surface area contributed by atoms with Crippen LogP contribution in [-0.2, 0) is 5.41 Å². The van der Waals surface area contributed by atoms with Crippen LogP contribution in [0.4, 0.5) is 0 Å². The van der Waals surface area contributed by atoms with Crippen LogP contribution in [-0.4, -0.2) is 20.1 Å². The van der Waals surface area contributed by atoms with Crippen LogP contribution in [0.25, 0.3) is 0 Å². The number of hydrogen-bond acceptors (Lipinski definition) is 2. The fraction of sp³-hybridized carbons (Fsp3) is 0.333. The predicted molar refractivity (Wildman–Crippen MR) is 99.6 cm³/mol. The predicted octanol–water partition coefficient (Wildman–Crippen LogP) is 4.10. The Bertz CT molecular complexity index is 550. The molecule has 0 unspecified atom stereocenters. The molecule has 23 heavy (non-hydrogen) atoms. The lowest BCUT2D eigenvalue weighted by atomic mass is 9.70. The third kappa shape index (κ3) is 3.83. The number of hydrogen-bond donors (Lipinski definition) is 2. The second-order valence-corrected chi connectivity index (χ2v) is 5.85. The van der Waals surface area contributed by atoms with Crippen molar-refractivity contribution in [1.29, 1.82) is 0 Å². The molecule has 0 spiro atoms. The topological polar surface area (TPSA) is 24.1 Å². The van der Waals surface area contributed by atoms with Crippen molar-refractivity contribution in [3.8, 4) is 0 Å². The van der Waals surface area contributed by atoms with E-state index in [9.17, 15) is 0 Å². The zero-order chi connectivity index (χ0) is 16.5. The van der Waals surface area contributed by atoms with Crippen molar-refractivity contribution >= 4 is 0 Å². The largest absolute Gasteiger partial charge is 0.388 e. The molecule has 2 heteroatoms. The molecule has 0 aromatic heterocycles. The van der Waals surface area contributed by atoms with Crippen LogP contribution in [0.3, 0.4) is 0 Å². The van der Waals surface area contributed by atoms with E-state index in [1.54, 1.807) is 0 Å². The minimum absolute atomic E-state index is 0.192. The summed E-state index contributed by atoms with van der Waals surface area (Å²) in [6.07, 6.45) is 2.05. The standard InChI is InChI=1S/C21H28N2/c1-4-21(19-12-7-5-8-13-19,20-14-9-6-10-15-20)18(2)23-17-11-16-22-3/h5-10,12-15,22-23H,2,4,11,16-17H2,1,3H3. The molecule has 0 heterocycles. The molecular formula is C21H28N2. The maximum Gasteiger partial charge on any atom is 0.0589 e. The molecular weight excluding hydrogens is 280 g/mol. The summed E-state index contributed by atoms with van der Waals surface area (Å²) in [5.41, 5.74) is 3.47. The van der Waals surface area contributed by atoms with Crippen LogP contribution in [0.15, 0.2) is 72.9 Å². The summed E-state index contributed by atoms with van der Waals surface area (Å²) in [6, 6.07) is 21.4. The molecule has 0 atom stereocenters. The molecule has 0 aliphatic rings. The van der Waals surface area contributed by atoms with E-state index >= 15 is 0 Å². The van der Waals surface area contributed by atoms with E-state index < -0.39 is 0 Å². The quantitative estimate of drug-likeness (QED) is 0.682. The van der Waals surface area contributed by atoms with E-state index in [1.165, 1.54) is 11.1 Å². The smallest absolute Gasteiger partial charge is 0.0589 e. The van der Waals surface area contributed by atoms with Crippen molar-refractivity contribution in [2.45, 2.75) is 25.2 Å². The summed E-state index contributed by atoms with van der Waals surface area (Å²) in [5, 5.41) is 6.76. The first kappa shape index (κ1) is 17.3. The first-order valence-corrected chi connectivity index (χ1v) is 8.44. The first-order valence-electron chi connectivity index (χ1n) is 8.44. The van der Waals surface area contributed by atoms with Gasteiger partial charge in [0, 0.05) is 12.2 Å². The summed E-state index contributed by atoms with van der Waals surface area (Å²) in [7, 11) is 1.99. The maximum atomic E-state index is 4.42. The van der Waals surface area contributed by atoms with Gasteiger partial charge in [0.2, 0.25) is 0 Å². The fourth-order valence-electron chi connectivity index (χ4n) is 3.24. The summed E-state index contributed by atoms with van der Waals surface area (Å²) in [6.45, 7) is 8.60. The van der Waals surface area contributed by atoms with Gasteiger partial charge in [-0.3, -0.25) is 0 Å². The van der Waals surface area contributed by atoms with E-state index in [-0.39, 0.29) is 5.41 Å². The second-order valence-electron chi connectivity index (χ2n) is 5.85. The Labute approximate surface area is 140 Å². The van der Waals surface area contributed by atoms with E-state index in [0.29, 0.717) is 0 Å². The Morgan fingerprint density at radius 3 is 1.87 bits per heavy atom. The van der Waals surface area contributed by atoms with Gasteiger partial charge in [-0.15, -0.1) is 0 Å². The summed E-state index contributed by atoms with van der Waals surface area (Å²) in [5.74, 6) is 0. The van der Waals surface area contributed by atoms with Gasteiger partial charge in [-0.2, -0.15) is 0 Å². The van der Waals surface area contributed by atoms with Gasteiger partial charge in [-0.25, -0.2) is 0 Å². The molecule has 0 bridgehead atoms. The van der Waals surface area contributed by atoms with Crippen LogP contribution in [0.1, 0.15) is 30.9 Å². The Morgan fingerprint density at radius 1 is 0.913 bits per heavy atom. The molecule has 2 rings (SSSR count). The normalized spacial score (nSPS) is 11.2. The molecule has 0 amide bonds. The van der Waals surface area contributed by atoms with E-state index in [2.05, 4.69) is 84.8 Å². The molecule has 0 aliphatic carbocycles. The van der Waals surface area contributed by atoms with Crippen molar-refractivity contribution < 1.29 is 0 Å². The lowest BCUT2D eigenvalue weighted by Gasteiger charge is -2.37. The van der Waals surface area contributed by atoms with Gasteiger partial charge in [0.25, 0.3) is 0 Å². The van der Waals surface area contributed by atoms with Crippen LogP contribution in [0, 0.1) is 0 Å². The second kappa shape index (κ2) is 8.54. The summed E-state index contributed by atoms with van der Waals surface area (Å²) < 4.78 is 0. The highest BCUT2D eigenvalue weighted by Gasteiger charge is 2.35.